The predicted molar refractivity (Wildman–Crippen MR) is 85.5 cm³/mol. The topological polar surface area (TPSA) is 42.4 Å². The van der Waals surface area contributed by atoms with Crippen LogP contribution in [-0.4, -0.2) is 35.0 Å². The molecule has 2 aliphatic rings. The minimum atomic E-state index is 0.125. The van der Waals surface area contributed by atoms with Crippen LogP contribution in [0.2, 0.25) is 0 Å². The highest BCUT2D eigenvalue weighted by atomic mass is 16.5. The zero-order valence-electron chi connectivity index (χ0n) is 13.6. The van der Waals surface area contributed by atoms with Gasteiger partial charge in [0.05, 0.1) is 19.3 Å². The van der Waals surface area contributed by atoms with Crippen molar-refractivity contribution in [1.82, 2.24) is 9.88 Å². The van der Waals surface area contributed by atoms with Crippen LogP contribution in [0.3, 0.4) is 0 Å². The maximum absolute atomic E-state index is 12.5. The molecule has 3 rings (SSSR count). The SMILES string of the molecule is CC(C)C1CCC(C(=O)N2CC(Oc3cccnc3)C2)CC1. The number of rotatable bonds is 4. The molecule has 120 valence electrons. The third-order valence-corrected chi connectivity index (χ3v) is 5.16. The van der Waals surface area contributed by atoms with E-state index in [1.54, 1.807) is 12.4 Å². The summed E-state index contributed by atoms with van der Waals surface area (Å²) in [6.45, 7) is 6.03. The maximum atomic E-state index is 12.5. The summed E-state index contributed by atoms with van der Waals surface area (Å²) in [5.41, 5.74) is 0. The summed E-state index contributed by atoms with van der Waals surface area (Å²) in [5, 5.41) is 0. The van der Waals surface area contributed by atoms with Gasteiger partial charge >= 0.3 is 0 Å². The monoisotopic (exact) mass is 302 g/mol. The fourth-order valence-corrected chi connectivity index (χ4v) is 3.59. The van der Waals surface area contributed by atoms with Crippen LogP contribution in [0, 0.1) is 17.8 Å². The Morgan fingerprint density at radius 3 is 2.59 bits per heavy atom. The lowest BCUT2D eigenvalue weighted by Gasteiger charge is -2.42. The molecule has 2 heterocycles. The Hall–Kier alpha value is -1.58. The van der Waals surface area contributed by atoms with E-state index in [0.717, 1.165) is 43.5 Å². The van der Waals surface area contributed by atoms with Crippen molar-refractivity contribution in [2.24, 2.45) is 17.8 Å². The van der Waals surface area contributed by atoms with E-state index in [1.807, 2.05) is 17.0 Å². The Bertz CT molecular complexity index is 489. The van der Waals surface area contributed by atoms with Gasteiger partial charge in [0.1, 0.15) is 11.9 Å². The first-order chi connectivity index (χ1) is 10.6. The molecule has 1 aliphatic carbocycles. The quantitative estimate of drug-likeness (QED) is 0.858. The zero-order chi connectivity index (χ0) is 15.5. The van der Waals surface area contributed by atoms with Crippen LogP contribution >= 0.6 is 0 Å². The van der Waals surface area contributed by atoms with Crippen molar-refractivity contribution in [2.75, 3.05) is 13.1 Å². The second-order valence-electron chi connectivity index (χ2n) is 7.03. The molecule has 1 saturated carbocycles. The molecule has 1 saturated heterocycles. The lowest BCUT2D eigenvalue weighted by atomic mass is 9.76. The van der Waals surface area contributed by atoms with Crippen LogP contribution < -0.4 is 4.74 Å². The first kappa shape index (κ1) is 15.3. The van der Waals surface area contributed by atoms with Crippen molar-refractivity contribution in [1.29, 1.82) is 0 Å². The summed E-state index contributed by atoms with van der Waals surface area (Å²) < 4.78 is 5.81. The van der Waals surface area contributed by atoms with Crippen molar-refractivity contribution in [3.8, 4) is 5.75 Å². The lowest BCUT2D eigenvalue weighted by molar-refractivity contribution is -0.146. The van der Waals surface area contributed by atoms with Gasteiger partial charge in [-0.15, -0.1) is 0 Å². The van der Waals surface area contributed by atoms with Crippen LogP contribution in [0.1, 0.15) is 39.5 Å². The Morgan fingerprint density at radius 1 is 1.27 bits per heavy atom. The smallest absolute Gasteiger partial charge is 0.225 e. The second kappa shape index (κ2) is 6.67. The summed E-state index contributed by atoms with van der Waals surface area (Å²) >= 11 is 0. The van der Waals surface area contributed by atoms with Gasteiger partial charge in [-0.05, 0) is 49.7 Å². The number of amides is 1. The van der Waals surface area contributed by atoms with Crippen LogP contribution in [0.5, 0.6) is 5.75 Å². The Kier molecular flexibility index (Phi) is 4.65. The van der Waals surface area contributed by atoms with Gasteiger partial charge in [0.15, 0.2) is 0 Å². The predicted octanol–water partition coefficient (Wildman–Crippen LogP) is 3.13. The first-order valence-electron chi connectivity index (χ1n) is 8.49. The van der Waals surface area contributed by atoms with Crippen molar-refractivity contribution < 1.29 is 9.53 Å². The third kappa shape index (κ3) is 3.42. The van der Waals surface area contributed by atoms with Gasteiger partial charge in [-0.25, -0.2) is 0 Å². The molecule has 1 aromatic rings. The molecule has 0 radical (unpaired) electrons. The number of hydrogen-bond acceptors (Lipinski definition) is 3. The van der Waals surface area contributed by atoms with Gasteiger partial charge in [0.2, 0.25) is 5.91 Å². The second-order valence-corrected chi connectivity index (χ2v) is 7.03. The molecule has 1 aromatic heterocycles. The van der Waals surface area contributed by atoms with E-state index in [-0.39, 0.29) is 12.0 Å². The van der Waals surface area contributed by atoms with E-state index in [0.29, 0.717) is 5.91 Å². The van der Waals surface area contributed by atoms with E-state index in [4.69, 9.17) is 4.74 Å². The highest BCUT2D eigenvalue weighted by molar-refractivity contribution is 5.79. The van der Waals surface area contributed by atoms with Gasteiger partial charge in [0, 0.05) is 12.1 Å². The van der Waals surface area contributed by atoms with Crippen LogP contribution in [-0.2, 0) is 4.79 Å². The molecule has 4 heteroatoms. The molecular weight excluding hydrogens is 276 g/mol. The normalized spacial score (nSPS) is 25.9. The van der Waals surface area contributed by atoms with E-state index in [2.05, 4.69) is 18.8 Å². The van der Waals surface area contributed by atoms with E-state index >= 15 is 0 Å². The summed E-state index contributed by atoms with van der Waals surface area (Å²) in [5.74, 6) is 2.93. The van der Waals surface area contributed by atoms with Crippen LogP contribution in [0.4, 0.5) is 0 Å². The van der Waals surface area contributed by atoms with Crippen LogP contribution in [0.25, 0.3) is 0 Å². The molecule has 0 bridgehead atoms. The molecule has 2 fully saturated rings. The molecule has 4 nitrogen and oxygen atoms in total. The first-order valence-corrected chi connectivity index (χ1v) is 8.49. The number of carbonyl (C=O) groups excluding carboxylic acids is 1. The maximum Gasteiger partial charge on any atom is 0.225 e. The Labute approximate surface area is 132 Å². The molecule has 0 aromatic carbocycles. The van der Waals surface area contributed by atoms with E-state index < -0.39 is 0 Å². The summed E-state index contributed by atoms with van der Waals surface area (Å²) in [6.07, 6.45) is 8.11. The molecule has 1 amide bonds. The van der Waals surface area contributed by atoms with E-state index in [9.17, 15) is 4.79 Å². The summed E-state index contributed by atoms with van der Waals surface area (Å²) in [4.78, 5) is 18.5. The molecule has 0 spiro atoms. The van der Waals surface area contributed by atoms with Crippen molar-refractivity contribution in [3.05, 3.63) is 24.5 Å². The van der Waals surface area contributed by atoms with Crippen molar-refractivity contribution >= 4 is 5.91 Å². The highest BCUT2D eigenvalue weighted by Gasteiger charge is 2.37. The molecule has 0 atom stereocenters. The molecule has 0 N–H and O–H groups in total. The summed E-state index contributed by atoms with van der Waals surface area (Å²) in [7, 11) is 0. The summed E-state index contributed by atoms with van der Waals surface area (Å²) in [6, 6.07) is 3.77. The number of pyridine rings is 1. The van der Waals surface area contributed by atoms with Gasteiger partial charge < -0.3 is 9.64 Å². The van der Waals surface area contributed by atoms with Gasteiger partial charge in [0.25, 0.3) is 0 Å². The number of ether oxygens (including phenoxy) is 1. The number of hydrogen-bond donors (Lipinski definition) is 0. The van der Waals surface area contributed by atoms with Gasteiger partial charge in [-0.2, -0.15) is 0 Å². The lowest BCUT2D eigenvalue weighted by Crippen LogP contribution is -2.57. The largest absolute Gasteiger partial charge is 0.485 e. The molecule has 1 aliphatic heterocycles. The fraction of sp³-hybridized carbons (Fsp3) is 0.667. The van der Waals surface area contributed by atoms with Crippen molar-refractivity contribution in [3.63, 3.8) is 0 Å². The molecule has 0 unspecified atom stereocenters. The third-order valence-electron chi connectivity index (χ3n) is 5.16. The van der Waals surface area contributed by atoms with Crippen LogP contribution in [0.15, 0.2) is 24.5 Å². The number of aromatic nitrogens is 1. The molecule has 22 heavy (non-hydrogen) atoms. The average molecular weight is 302 g/mol. The minimum Gasteiger partial charge on any atom is -0.485 e. The Morgan fingerprint density at radius 2 is 2.00 bits per heavy atom. The van der Waals surface area contributed by atoms with Crippen molar-refractivity contribution in [2.45, 2.75) is 45.6 Å². The zero-order valence-corrected chi connectivity index (χ0v) is 13.6. The van der Waals surface area contributed by atoms with E-state index in [1.165, 1.54) is 12.8 Å². The molecular formula is C18H26N2O2. The Balaban J connectivity index is 1.42. The fourth-order valence-electron chi connectivity index (χ4n) is 3.59. The highest BCUT2D eigenvalue weighted by Crippen LogP contribution is 2.34. The number of nitrogens with zero attached hydrogens (tertiary/aromatic N) is 2. The standard InChI is InChI=1S/C18H26N2O2/c1-13(2)14-5-7-15(8-6-14)18(21)20-11-17(12-20)22-16-4-3-9-19-10-16/h3-4,9-10,13-15,17H,5-8,11-12H2,1-2H3. The number of carbonyl (C=O) groups is 1. The van der Waals surface area contributed by atoms with Gasteiger partial charge in [-0.3, -0.25) is 9.78 Å². The average Bonchev–Trinajstić information content (AvgIpc) is 2.51. The van der Waals surface area contributed by atoms with Gasteiger partial charge in [-0.1, -0.05) is 13.8 Å². The number of likely N-dealkylation sites (tertiary alicyclic amines) is 1. The minimum absolute atomic E-state index is 0.125.